The maximum absolute atomic E-state index is 13.6. The number of amides is 1. The lowest BCUT2D eigenvalue weighted by molar-refractivity contribution is -0.121. The fourth-order valence-corrected chi connectivity index (χ4v) is 5.17. The molecule has 0 spiro atoms. The van der Waals surface area contributed by atoms with Crippen LogP contribution in [0.1, 0.15) is 43.2 Å². The van der Waals surface area contributed by atoms with Crippen LogP contribution in [0.4, 0.5) is 0 Å². The highest BCUT2D eigenvalue weighted by atomic mass is 35.5. The standard InChI is InChI=1S/C29H28ClN3O3/c30-25-12-6-4-8-21(25)19-32-26-13-7-5-11-24(26)28(35)33(29(32)36)23-16-14-20(15-17-23)18-27(34)31-22-9-2-1-3-10-22/h4-8,11-17,22H,1-3,9-10,18-19H2,(H,31,34). The number of carbonyl (C=O) groups excluding carboxylic acids is 1. The van der Waals surface area contributed by atoms with E-state index in [4.69, 9.17) is 11.6 Å². The van der Waals surface area contributed by atoms with Crippen molar-refractivity contribution in [2.75, 3.05) is 0 Å². The number of nitrogens with zero attached hydrogens (tertiary/aromatic N) is 2. The van der Waals surface area contributed by atoms with Crippen molar-refractivity contribution in [1.29, 1.82) is 0 Å². The van der Waals surface area contributed by atoms with E-state index in [1.165, 1.54) is 11.0 Å². The molecule has 7 heteroatoms. The molecule has 1 amide bonds. The summed E-state index contributed by atoms with van der Waals surface area (Å²) in [7, 11) is 0. The number of hydrogen-bond donors (Lipinski definition) is 1. The molecule has 4 aromatic rings. The van der Waals surface area contributed by atoms with Gasteiger partial charge in [-0.05, 0) is 54.3 Å². The van der Waals surface area contributed by atoms with Crippen LogP contribution in [0, 0.1) is 0 Å². The Morgan fingerprint density at radius 3 is 2.33 bits per heavy atom. The van der Waals surface area contributed by atoms with Gasteiger partial charge < -0.3 is 5.32 Å². The topological polar surface area (TPSA) is 73.1 Å². The molecule has 3 aromatic carbocycles. The van der Waals surface area contributed by atoms with Gasteiger partial charge in [0.2, 0.25) is 5.91 Å². The number of para-hydroxylation sites is 1. The summed E-state index contributed by atoms with van der Waals surface area (Å²) in [6.45, 7) is 0.235. The van der Waals surface area contributed by atoms with Gasteiger partial charge >= 0.3 is 5.69 Å². The minimum atomic E-state index is -0.443. The predicted octanol–water partition coefficient (Wildman–Crippen LogP) is 4.85. The van der Waals surface area contributed by atoms with Crippen molar-refractivity contribution in [3.05, 3.63) is 110 Å². The van der Waals surface area contributed by atoms with Crippen LogP contribution < -0.4 is 16.6 Å². The second-order valence-corrected chi connectivity index (χ2v) is 9.77. The molecular formula is C29H28ClN3O3. The number of aromatic nitrogens is 2. The fraction of sp³-hybridized carbons (Fsp3) is 0.276. The number of hydrogen-bond acceptors (Lipinski definition) is 3. The van der Waals surface area contributed by atoms with E-state index in [1.807, 2.05) is 24.3 Å². The highest BCUT2D eigenvalue weighted by Crippen LogP contribution is 2.19. The largest absolute Gasteiger partial charge is 0.353 e. The van der Waals surface area contributed by atoms with Gasteiger partial charge in [-0.3, -0.25) is 14.2 Å². The first-order chi connectivity index (χ1) is 17.5. The average Bonchev–Trinajstić information content (AvgIpc) is 2.89. The molecule has 1 aromatic heterocycles. The molecule has 0 bridgehead atoms. The summed E-state index contributed by atoms with van der Waals surface area (Å²) in [6.07, 6.45) is 5.90. The highest BCUT2D eigenvalue weighted by molar-refractivity contribution is 6.31. The van der Waals surface area contributed by atoms with E-state index in [9.17, 15) is 14.4 Å². The molecule has 184 valence electrons. The Labute approximate surface area is 214 Å². The molecule has 0 unspecified atom stereocenters. The van der Waals surface area contributed by atoms with Crippen molar-refractivity contribution in [2.45, 2.75) is 51.1 Å². The monoisotopic (exact) mass is 501 g/mol. The van der Waals surface area contributed by atoms with Gasteiger partial charge in [-0.1, -0.05) is 73.3 Å². The van der Waals surface area contributed by atoms with E-state index < -0.39 is 5.69 Å². The van der Waals surface area contributed by atoms with Crippen LogP contribution in [0.15, 0.2) is 82.4 Å². The number of carbonyl (C=O) groups is 1. The highest BCUT2D eigenvalue weighted by Gasteiger charge is 2.17. The molecule has 1 fully saturated rings. The Morgan fingerprint density at radius 2 is 1.58 bits per heavy atom. The molecule has 1 aliphatic rings. The van der Waals surface area contributed by atoms with Crippen LogP contribution >= 0.6 is 11.6 Å². The lowest BCUT2D eigenvalue weighted by Gasteiger charge is -2.22. The Hall–Kier alpha value is -3.64. The molecule has 1 saturated carbocycles. The van der Waals surface area contributed by atoms with Gasteiger partial charge in [-0.2, -0.15) is 0 Å². The Balaban J connectivity index is 1.47. The predicted molar refractivity (Wildman–Crippen MR) is 143 cm³/mol. The van der Waals surface area contributed by atoms with Crippen molar-refractivity contribution in [3.8, 4) is 5.69 Å². The summed E-state index contributed by atoms with van der Waals surface area (Å²) in [5, 5.41) is 4.13. The van der Waals surface area contributed by atoms with Gasteiger partial charge in [0, 0.05) is 11.1 Å². The zero-order valence-corrected chi connectivity index (χ0v) is 20.7. The number of fused-ring (bicyclic) bond motifs is 1. The minimum Gasteiger partial charge on any atom is -0.353 e. The van der Waals surface area contributed by atoms with Gasteiger partial charge in [-0.15, -0.1) is 0 Å². The van der Waals surface area contributed by atoms with Gasteiger partial charge in [0.05, 0.1) is 29.6 Å². The molecule has 5 rings (SSSR count). The maximum atomic E-state index is 13.6. The molecule has 6 nitrogen and oxygen atoms in total. The molecule has 1 N–H and O–H groups in total. The Kier molecular flexibility index (Phi) is 7.05. The third-order valence-corrected chi connectivity index (χ3v) is 7.24. The van der Waals surface area contributed by atoms with E-state index in [1.54, 1.807) is 53.1 Å². The number of rotatable bonds is 6. The lowest BCUT2D eigenvalue weighted by atomic mass is 9.95. The van der Waals surface area contributed by atoms with E-state index in [-0.39, 0.29) is 30.5 Å². The summed E-state index contributed by atoms with van der Waals surface area (Å²) >= 11 is 6.37. The zero-order chi connectivity index (χ0) is 25.1. The molecular weight excluding hydrogens is 474 g/mol. The van der Waals surface area contributed by atoms with Crippen molar-refractivity contribution < 1.29 is 4.79 Å². The SMILES string of the molecule is O=C(Cc1ccc(-n2c(=O)c3ccccc3n(Cc3ccccc3Cl)c2=O)cc1)NC1CCCCC1. The number of halogens is 1. The molecule has 1 heterocycles. The van der Waals surface area contributed by atoms with Crippen LogP contribution in [0.2, 0.25) is 5.02 Å². The van der Waals surface area contributed by atoms with E-state index in [0.29, 0.717) is 21.6 Å². The first-order valence-corrected chi connectivity index (χ1v) is 12.8. The van der Waals surface area contributed by atoms with Gasteiger partial charge in [0.15, 0.2) is 0 Å². The van der Waals surface area contributed by atoms with Crippen LogP contribution in [-0.4, -0.2) is 21.1 Å². The molecule has 36 heavy (non-hydrogen) atoms. The normalized spacial score (nSPS) is 14.1. The lowest BCUT2D eigenvalue weighted by Crippen LogP contribution is -2.39. The average molecular weight is 502 g/mol. The summed E-state index contributed by atoms with van der Waals surface area (Å²) in [6, 6.07) is 21.8. The molecule has 0 radical (unpaired) electrons. The smallest absolute Gasteiger partial charge is 0.336 e. The van der Waals surface area contributed by atoms with Crippen LogP contribution in [-0.2, 0) is 17.8 Å². The van der Waals surface area contributed by atoms with Crippen molar-refractivity contribution in [1.82, 2.24) is 14.5 Å². The summed E-state index contributed by atoms with van der Waals surface area (Å²) in [5.74, 6) is -0.000354. The second kappa shape index (κ2) is 10.5. The van der Waals surface area contributed by atoms with Crippen LogP contribution in [0.25, 0.3) is 16.6 Å². The summed E-state index contributed by atoms with van der Waals surface area (Å²) < 4.78 is 2.76. The fourth-order valence-electron chi connectivity index (χ4n) is 4.97. The summed E-state index contributed by atoms with van der Waals surface area (Å²) in [5.41, 5.74) is 1.81. The quantitative estimate of drug-likeness (QED) is 0.410. The van der Waals surface area contributed by atoms with E-state index in [2.05, 4.69) is 5.32 Å². The Morgan fingerprint density at radius 1 is 0.889 bits per heavy atom. The molecule has 1 aliphatic carbocycles. The number of benzene rings is 3. The first-order valence-electron chi connectivity index (χ1n) is 12.4. The first kappa shape index (κ1) is 24.1. The van der Waals surface area contributed by atoms with Crippen molar-refractivity contribution in [3.63, 3.8) is 0 Å². The van der Waals surface area contributed by atoms with Crippen LogP contribution in [0.5, 0.6) is 0 Å². The molecule has 0 aliphatic heterocycles. The zero-order valence-electron chi connectivity index (χ0n) is 20.0. The molecule has 0 saturated heterocycles. The van der Waals surface area contributed by atoms with Gasteiger partial charge in [0.1, 0.15) is 0 Å². The number of nitrogens with one attached hydrogen (secondary N) is 1. The third kappa shape index (κ3) is 5.00. The van der Waals surface area contributed by atoms with Gasteiger partial charge in [-0.25, -0.2) is 9.36 Å². The minimum absolute atomic E-state index is 0.000354. The van der Waals surface area contributed by atoms with Crippen LogP contribution in [0.3, 0.4) is 0 Å². The van der Waals surface area contributed by atoms with E-state index >= 15 is 0 Å². The summed E-state index contributed by atoms with van der Waals surface area (Å²) in [4.78, 5) is 39.5. The third-order valence-electron chi connectivity index (χ3n) is 6.87. The second-order valence-electron chi connectivity index (χ2n) is 9.36. The van der Waals surface area contributed by atoms with Crippen molar-refractivity contribution >= 4 is 28.4 Å². The van der Waals surface area contributed by atoms with E-state index in [0.717, 1.165) is 36.8 Å². The maximum Gasteiger partial charge on any atom is 0.336 e. The Bertz CT molecular complexity index is 1520. The molecule has 0 atom stereocenters. The van der Waals surface area contributed by atoms with Gasteiger partial charge in [0.25, 0.3) is 5.56 Å². The van der Waals surface area contributed by atoms with Crippen molar-refractivity contribution in [2.24, 2.45) is 0 Å².